The number of anilines is 1. The van der Waals surface area contributed by atoms with Crippen LogP contribution < -0.4 is 15.4 Å². The smallest absolute Gasteiger partial charge is 0.261 e. The average Bonchev–Trinajstić information content (AvgIpc) is 2.75. The van der Waals surface area contributed by atoms with E-state index in [2.05, 4.69) is 10.6 Å². The van der Waals surface area contributed by atoms with E-state index in [9.17, 15) is 14.0 Å². The van der Waals surface area contributed by atoms with E-state index in [0.717, 1.165) is 5.56 Å². The van der Waals surface area contributed by atoms with Crippen LogP contribution in [0.25, 0.3) is 0 Å². The zero-order chi connectivity index (χ0) is 21.5. The summed E-state index contributed by atoms with van der Waals surface area (Å²) in [6.45, 7) is 3.41. The molecule has 0 radical (unpaired) electrons. The topological polar surface area (TPSA) is 67.4 Å². The van der Waals surface area contributed by atoms with Crippen molar-refractivity contribution < 1.29 is 18.7 Å². The van der Waals surface area contributed by atoms with Crippen molar-refractivity contribution in [2.75, 3.05) is 5.32 Å². The van der Waals surface area contributed by atoms with Gasteiger partial charge in [0.15, 0.2) is 6.10 Å². The number of halogens is 1. The van der Waals surface area contributed by atoms with Gasteiger partial charge in [-0.1, -0.05) is 42.5 Å². The molecule has 0 aliphatic rings. The number of hydrogen-bond acceptors (Lipinski definition) is 3. The molecule has 0 saturated carbocycles. The minimum absolute atomic E-state index is 0.308. The van der Waals surface area contributed by atoms with E-state index in [-0.39, 0.29) is 23.7 Å². The zero-order valence-electron chi connectivity index (χ0n) is 16.8. The maximum absolute atomic E-state index is 13.1. The van der Waals surface area contributed by atoms with E-state index in [1.54, 1.807) is 62.4 Å². The third-order valence-electron chi connectivity index (χ3n) is 4.57. The van der Waals surface area contributed by atoms with E-state index in [1.807, 2.05) is 18.2 Å². The van der Waals surface area contributed by atoms with Crippen LogP contribution >= 0.6 is 0 Å². The van der Waals surface area contributed by atoms with Crippen LogP contribution in [0.4, 0.5) is 10.1 Å². The number of carbonyl (C=O) groups is 2. The molecule has 3 aromatic rings. The van der Waals surface area contributed by atoms with Gasteiger partial charge in [0.05, 0.1) is 11.6 Å². The first-order chi connectivity index (χ1) is 14.4. The molecule has 0 bridgehead atoms. The summed E-state index contributed by atoms with van der Waals surface area (Å²) >= 11 is 0. The maximum atomic E-state index is 13.1. The Hall–Kier alpha value is -3.67. The van der Waals surface area contributed by atoms with Crippen LogP contribution in [0.15, 0.2) is 78.9 Å². The van der Waals surface area contributed by atoms with Gasteiger partial charge in [-0.25, -0.2) is 4.39 Å². The van der Waals surface area contributed by atoms with E-state index in [1.165, 1.54) is 12.1 Å². The highest BCUT2D eigenvalue weighted by atomic mass is 19.1. The Labute approximate surface area is 174 Å². The molecular weight excluding hydrogens is 383 g/mol. The van der Waals surface area contributed by atoms with Crippen LogP contribution in [0.5, 0.6) is 5.75 Å². The van der Waals surface area contributed by atoms with Gasteiger partial charge in [0.25, 0.3) is 11.8 Å². The molecule has 0 saturated heterocycles. The second kappa shape index (κ2) is 9.69. The summed E-state index contributed by atoms with van der Waals surface area (Å²) in [5.41, 5.74) is 1.77. The fourth-order valence-electron chi connectivity index (χ4n) is 2.89. The van der Waals surface area contributed by atoms with Crippen molar-refractivity contribution in [3.05, 3.63) is 95.8 Å². The lowest BCUT2D eigenvalue weighted by molar-refractivity contribution is -0.127. The molecule has 30 heavy (non-hydrogen) atoms. The number of ether oxygens (including phenoxy) is 1. The molecular formula is C24H23FN2O3. The van der Waals surface area contributed by atoms with Crippen LogP contribution in [0.1, 0.15) is 35.8 Å². The molecule has 2 N–H and O–H groups in total. The van der Waals surface area contributed by atoms with E-state index < -0.39 is 6.10 Å². The van der Waals surface area contributed by atoms with Gasteiger partial charge in [0.2, 0.25) is 0 Å². The largest absolute Gasteiger partial charge is 0.480 e. The van der Waals surface area contributed by atoms with Crippen LogP contribution in [0.3, 0.4) is 0 Å². The Bertz CT molecular complexity index is 1010. The molecule has 3 aromatic carbocycles. The molecule has 6 heteroatoms. The molecule has 2 amide bonds. The number of rotatable bonds is 7. The second-order valence-electron chi connectivity index (χ2n) is 6.86. The summed E-state index contributed by atoms with van der Waals surface area (Å²) in [7, 11) is 0. The van der Waals surface area contributed by atoms with Gasteiger partial charge >= 0.3 is 0 Å². The van der Waals surface area contributed by atoms with Crippen molar-refractivity contribution in [1.82, 2.24) is 5.32 Å². The highest BCUT2D eigenvalue weighted by molar-refractivity contribution is 6.06. The predicted octanol–water partition coefficient (Wildman–Crippen LogP) is 4.72. The lowest BCUT2D eigenvalue weighted by Crippen LogP contribution is -2.38. The Morgan fingerprint density at radius 1 is 0.867 bits per heavy atom. The lowest BCUT2D eigenvalue weighted by Gasteiger charge is -2.20. The average molecular weight is 406 g/mol. The standard InChI is InChI=1S/C24H23FN2O3/c1-16(18-12-14-19(25)15-13-18)26-23(28)17(2)30-22-11-7-6-10-21(22)24(29)27-20-8-4-3-5-9-20/h3-17H,1-2H3,(H,26,28)(H,27,29)/t16-,17-/m1/s1. The summed E-state index contributed by atoms with van der Waals surface area (Å²) in [5, 5.41) is 5.65. The molecule has 3 rings (SSSR count). The predicted molar refractivity (Wildman–Crippen MR) is 114 cm³/mol. The molecule has 154 valence electrons. The molecule has 0 heterocycles. The van der Waals surface area contributed by atoms with Gasteiger partial charge in [0, 0.05) is 5.69 Å². The summed E-state index contributed by atoms with van der Waals surface area (Å²) in [4.78, 5) is 25.2. The molecule has 2 atom stereocenters. The molecule has 0 spiro atoms. The Morgan fingerprint density at radius 3 is 2.20 bits per heavy atom. The van der Waals surface area contributed by atoms with E-state index >= 15 is 0 Å². The van der Waals surface area contributed by atoms with Crippen molar-refractivity contribution >= 4 is 17.5 Å². The van der Waals surface area contributed by atoms with Crippen molar-refractivity contribution in [2.24, 2.45) is 0 Å². The monoisotopic (exact) mass is 406 g/mol. The van der Waals surface area contributed by atoms with Crippen LogP contribution in [0.2, 0.25) is 0 Å². The van der Waals surface area contributed by atoms with Gasteiger partial charge < -0.3 is 15.4 Å². The third-order valence-corrected chi connectivity index (χ3v) is 4.57. The zero-order valence-corrected chi connectivity index (χ0v) is 16.8. The minimum Gasteiger partial charge on any atom is -0.480 e. The first-order valence-electron chi connectivity index (χ1n) is 9.62. The minimum atomic E-state index is -0.835. The third kappa shape index (κ3) is 5.44. The fourth-order valence-corrected chi connectivity index (χ4v) is 2.89. The highest BCUT2D eigenvalue weighted by Gasteiger charge is 2.20. The SMILES string of the molecule is C[C@@H](Oc1ccccc1C(=O)Nc1ccccc1)C(=O)N[C@H](C)c1ccc(F)cc1. The summed E-state index contributed by atoms with van der Waals surface area (Å²) in [5.74, 6) is -0.698. The highest BCUT2D eigenvalue weighted by Crippen LogP contribution is 2.21. The van der Waals surface area contributed by atoms with Gasteiger partial charge in [-0.2, -0.15) is 0 Å². The first kappa shape index (κ1) is 21.0. The Kier molecular flexibility index (Phi) is 6.80. The van der Waals surface area contributed by atoms with E-state index in [4.69, 9.17) is 4.74 Å². The van der Waals surface area contributed by atoms with Gasteiger partial charge in [-0.05, 0) is 55.8 Å². The van der Waals surface area contributed by atoms with Crippen LogP contribution in [-0.2, 0) is 4.79 Å². The Morgan fingerprint density at radius 2 is 1.50 bits per heavy atom. The molecule has 0 aromatic heterocycles. The Balaban J connectivity index is 1.66. The summed E-state index contributed by atoms with van der Waals surface area (Å²) in [6, 6.07) is 21.5. The van der Waals surface area contributed by atoms with Gasteiger partial charge in [-0.15, -0.1) is 0 Å². The van der Waals surface area contributed by atoms with Crippen LogP contribution in [-0.4, -0.2) is 17.9 Å². The van der Waals surface area contributed by atoms with Crippen LogP contribution in [0, 0.1) is 5.82 Å². The summed E-state index contributed by atoms with van der Waals surface area (Å²) < 4.78 is 18.9. The first-order valence-corrected chi connectivity index (χ1v) is 9.62. The lowest BCUT2D eigenvalue weighted by atomic mass is 10.1. The van der Waals surface area contributed by atoms with Gasteiger partial charge in [-0.3, -0.25) is 9.59 Å². The van der Waals surface area contributed by atoms with Crippen molar-refractivity contribution in [2.45, 2.75) is 26.0 Å². The quantitative estimate of drug-likeness (QED) is 0.596. The number of para-hydroxylation sites is 2. The molecule has 5 nitrogen and oxygen atoms in total. The van der Waals surface area contributed by atoms with Gasteiger partial charge in [0.1, 0.15) is 11.6 Å². The second-order valence-corrected chi connectivity index (χ2v) is 6.86. The maximum Gasteiger partial charge on any atom is 0.261 e. The number of carbonyl (C=O) groups excluding carboxylic acids is 2. The number of hydrogen-bond donors (Lipinski definition) is 2. The number of amides is 2. The van der Waals surface area contributed by atoms with E-state index in [0.29, 0.717) is 17.0 Å². The molecule has 0 fully saturated rings. The van der Waals surface area contributed by atoms with Crippen molar-refractivity contribution in [3.8, 4) is 5.75 Å². The molecule has 0 aliphatic heterocycles. The summed E-state index contributed by atoms with van der Waals surface area (Å²) in [6.07, 6.45) is -0.835. The molecule has 0 unspecified atom stereocenters. The molecule has 0 aliphatic carbocycles. The van der Waals surface area contributed by atoms with Crippen molar-refractivity contribution in [1.29, 1.82) is 0 Å². The normalized spacial score (nSPS) is 12.5. The number of benzene rings is 3. The number of nitrogens with one attached hydrogen (secondary N) is 2. The van der Waals surface area contributed by atoms with Crippen molar-refractivity contribution in [3.63, 3.8) is 0 Å². The fraction of sp³-hybridized carbons (Fsp3) is 0.167.